The molecule has 2 heteroatoms. The van der Waals surface area contributed by atoms with E-state index in [1.807, 2.05) is 0 Å². The van der Waals surface area contributed by atoms with Crippen LogP contribution in [0.2, 0.25) is 0 Å². The van der Waals surface area contributed by atoms with Crippen molar-refractivity contribution in [2.75, 3.05) is 34.2 Å². The van der Waals surface area contributed by atoms with Gasteiger partial charge in [0.2, 0.25) is 0 Å². The highest BCUT2D eigenvalue weighted by molar-refractivity contribution is 4.65. The second-order valence-electron chi connectivity index (χ2n) is 5.22. The summed E-state index contributed by atoms with van der Waals surface area (Å²) in [6, 6.07) is 0.705. The molecule has 0 saturated heterocycles. The molecule has 2 nitrogen and oxygen atoms in total. The van der Waals surface area contributed by atoms with Gasteiger partial charge in [0.05, 0.1) is 0 Å². The lowest BCUT2D eigenvalue weighted by atomic mass is 10.0. The first-order valence-corrected chi connectivity index (χ1v) is 6.32. The predicted molar refractivity (Wildman–Crippen MR) is 69.3 cm³/mol. The average Bonchev–Trinajstić information content (AvgIpc) is 2.21. The molecule has 0 fully saturated rings. The van der Waals surface area contributed by atoms with Crippen molar-refractivity contribution in [3.05, 3.63) is 0 Å². The van der Waals surface area contributed by atoms with Crippen LogP contribution in [0.25, 0.3) is 0 Å². The Morgan fingerprint density at radius 1 is 0.933 bits per heavy atom. The van der Waals surface area contributed by atoms with Crippen LogP contribution in [0.3, 0.4) is 0 Å². The second kappa shape index (κ2) is 8.12. The first-order chi connectivity index (χ1) is 6.97. The summed E-state index contributed by atoms with van der Waals surface area (Å²) in [5, 5.41) is 0. The molecule has 0 aromatic heterocycles. The molecule has 0 spiro atoms. The Bertz CT molecular complexity index is 145. The topological polar surface area (TPSA) is 6.48 Å². The van der Waals surface area contributed by atoms with Crippen LogP contribution in [0.1, 0.15) is 40.0 Å². The van der Waals surface area contributed by atoms with Gasteiger partial charge in [-0.15, -0.1) is 0 Å². The molecule has 2 atom stereocenters. The molecule has 0 aromatic carbocycles. The van der Waals surface area contributed by atoms with Gasteiger partial charge in [0.15, 0.2) is 0 Å². The first-order valence-electron chi connectivity index (χ1n) is 6.32. The Kier molecular flexibility index (Phi) is 8.07. The second-order valence-corrected chi connectivity index (χ2v) is 5.22. The van der Waals surface area contributed by atoms with Crippen LogP contribution < -0.4 is 0 Å². The van der Waals surface area contributed by atoms with E-state index in [0.717, 1.165) is 5.92 Å². The van der Waals surface area contributed by atoms with Crippen molar-refractivity contribution < 1.29 is 0 Å². The van der Waals surface area contributed by atoms with Crippen LogP contribution in [-0.2, 0) is 0 Å². The molecule has 0 N–H and O–H groups in total. The fraction of sp³-hybridized carbons (Fsp3) is 1.00. The minimum Gasteiger partial charge on any atom is -0.309 e. The van der Waals surface area contributed by atoms with Crippen molar-refractivity contribution in [3.8, 4) is 0 Å². The average molecular weight is 214 g/mol. The fourth-order valence-corrected chi connectivity index (χ4v) is 1.51. The zero-order valence-electron chi connectivity index (χ0n) is 11.6. The summed E-state index contributed by atoms with van der Waals surface area (Å²) in [6.07, 6.45) is 3.91. The van der Waals surface area contributed by atoms with Crippen LogP contribution in [0.5, 0.6) is 0 Å². The summed E-state index contributed by atoms with van der Waals surface area (Å²) in [5.74, 6) is 0.869. The summed E-state index contributed by atoms with van der Waals surface area (Å²) in [7, 11) is 6.54. The van der Waals surface area contributed by atoms with Crippen molar-refractivity contribution in [1.29, 1.82) is 0 Å². The Balaban J connectivity index is 3.64. The predicted octanol–water partition coefficient (Wildman–Crippen LogP) is 2.69. The minimum atomic E-state index is 0.705. The van der Waals surface area contributed by atoms with E-state index in [0.29, 0.717) is 6.04 Å². The lowest BCUT2D eigenvalue weighted by molar-refractivity contribution is 0.214. The van der Waals surface area contributed by atoms with E-state index in [4.69, 9.17) is 0 Å². The van der Waals surface area contributed by atoms with Gasteiger partial charge in [-0.3, -0.25) is 0 Å². The molecule has 92 valence electrons. The highest BCUT2D eigenvalue weighted by atomic mass is 15.1. The maximum Gasteiger partial charge on any atom is 0.00760 e. The van der Waals surface area contributed by atoms with Gasteiger partial charge < -0.3 is 9.80 Å². The lowest BCUT2D eigenvalue weighted by Gasteiger charge is -2.26. The van der Waals surface area contributed by atoms with E-state index >= 15 is 0 Å². The molecule has 0 aliphatic heterocycles. The highest BCUT2D eigenvalue weighted by Gasteiger charge is 2.10. The van der Waals surface area contributed by atoms with Crippen molar-refractivity contribution in [2.24, 2.45) is 5.92 Å². The maximum absolute atomic E-state index is 2.50. The summed E-state index contributed by atoms with van der Waals surface area (Å²) < 4.78 is 0. The molecule has 0 aliphatic rings. The van der Waals surface area contributed by atoms with E-state index in [2.05, 4.69) is 51.7 Å². The quantitative estimate of drug-likeness (QED) is 0.613. The van der Waals surface area contributed by atoms with Crippen LogP contribution in [0, 0.1) is 5.92 Å². The van der Waals surface area contributed by atoms with Gasteiger partial charge >= 0.3 is 0 Å². The van der Waals surface area contributed by atoms with Gasteiger partial charge in [-0.05, 0) is 59.9 Å². The van der Waals surface area contributed by atoms with Crippen molar-refractivity contribution in [1.82, 2.24) is 9.80 Å². The Labute approximate surface area is 96.6 Å². The SMILES string of the molecule is CCC(C)CCN(C)C(C)CCN(C)C. The monoisotopic (exact) mass is 214 g/mol. The van der Waals surface area contributed by atoms with Gasteiger partial charge in [0.25, 0.3) is 0 Å². The Morgan fingerprint density at radius 3 is 2.00 bits per heavy atom. The van der Waals surface area contributed by atoms with Gasteiger partial charge in [0, 0.05) is 6.04 Å². The van der Waals surface area contributed by atoms with Crippen molar-refractivity contribution in [3.63, 3.8) is 0 Å². The fourth-order valence-electron chi connectivity index (χ4n) is 1.51. The first kappa shape index (κ1) is 14.9. The van der Waals surface area contributed by atoms with Crippen LogP contribution in [-0.4, -0.2) is 50.1 Å². The van der Waals surface area contributed by atoms with Gasteiger partial charge in [-0.2, -0.15) is 0 Å². The molecule has 0 aromatic rings. The lowest BCUT2D eigenvalue weighted by Crippen LogP contribution is -2.33. The van der Waals surface area contributed by atoms with Gasteiger partial charge in [-0.1, -0.05) is 20.3 Å². The van der Waals surface area contributed by atoms with E-state index in [1.165, 1.54) is 32.4 Å². The molecule has 0 rings (SSSR count). The molecule has 0 amide bonds. The minimum absolute atomic E-state index is 0.705. The van der Waals surface area contributed by atoms with Crippen LogP contribution >= 0.6 is 0 Å². The third-order valence-electron chi connectivity index (χ3n) is 3.42. The zero-order chi connectivity index (χ0) is 11.8. The Morgan fingerprint density at radius 2 is 1.53 bits per heavy atom. The molecule has 0 saturated carbocycles. The summed E-state index contributed by atoms with van der Waals surface area (Å²) in [6.45, 7) is 9.39. The normalized spacial score (nSPS) is 16.0. The van der Waals surface area contributed by atoms with E-state index in [9.17, 15) is 0 Å². The number of rotatable bonds is 8. The molecule has 2 unspecified atom stereocenters. The largest absolute Gasteiger partial charge is 0.309 e. The third kappa shape index (κ3) is 7.80. The summed E-state index contributed by atoms with van der Waals surface area (Å²) >= 11 is 0. The molecular formula is C13H30N2. The maximum atomic E-state index is 2.50. The third-order valence-corrected chi connectivity index (χ3v) is 3.42. The molecule has 0 heterocycles. The summed E-state index contributed by atoms with van der Waals surface area (Å²) in [4.78, 5) is 4.76. The highest BCUT2D eigenvalue weighted by Crippen LogP contribution is 2.09. The molecule has 0 radical (unpaired) electrons. The van der Waals surface area contributed by atoms with Gasteiger partial charge in [0.1, 0.15) is 0 Å². The van der Waals surface area contributed by atoms with Crippen LogP contribution in [0.4, 0.5) is 0 Å². The van der Waals surface area contributed by atoms with Crippen molar-refractivity contribution in [2.45, 2.75) is 46.1 Å². The molecule has 0 bridgehead atoms. The number of nitrogens with zero attached hydrogens (tertiary/aromatic N) is 2. The summed E-state index contributed by atoms with van der Waals surface area (Å²) in [5.41, 5.74) is 0. The molecule has 0 aliphatic carbocycles. The number of hydrogen-bond acceptors (Lipinski definition) is 2. The van der Waals surface area contributed by atoms with E-state index in [-0.39, 0.29) is 0 Å². The smallest absolute Gasteiger partial charge is 0.00760 e. The zero-order valence-corrected chi connectivity index (χ0v) is 11.6. The molecule has 15 heavy (non-hydrogen) atoms. The standard InChI is InChI=1S/C13H30N2/c1-7-12(2)8-11-15(6)13(3)9-10-14(4)5/h12-13H,7-11H2,1-6H3. The van der Waals surface area contributed by atoms with Gasteiger partial charge in [-0.25, -0.2) is 0 Å². The molecular weight excluding hydrogens is 184 g/mol. The van der Waals surface area contributed by atoms with E-state index < -0.39 is 0 Å². The van der Waals surface area contributed by atoms with Crippen LogP contribution in [0.15, 0.2) is 0 Å². The van der Waals surface area contributed by atoms with E-state index in [1.54, 1.807) is 0 Å². The number of hydrogen-bond donors (Lipinski definition) is 0. The van der Waals surface area contributed by atoms with Crippen molar-refractivity contribution >= 4 is 0 Å². The Hall–Kier alpha value is -0.0800.